The van der Waals surface area contributed by atoms with Crippen LogP contribution in [0.5, 0.6) is 0 Å². The minimum atomic E-state index is -1.22. The molecule has 4 atom stereocenters. The number of aromatic nitrogens is 1. The average Bonchev–Trinajstić information content (AvgIpc) is 3.04. The Kier molecular flexibility index (Phi) is 5.25. The molecule has 2 aromatic carbocycles. The van der Waals surface area contributed by atoms with Gasteiger partial charge in [0.2, 0.25) is 0 Å². The number of benzene rings is 2. The van der Waals surface area contributed by atoms with Gasteiger partial charge in [0.15, 0.2) is 0 Å². The number of ether oxygens (including phenoxy) is 1. The molecular weight excluding hydrogens is 366 g/mol. The third kappa shape index (κ3) is 3.83. The molecule has 0 radical (unpaired) electrons. The van der Waals surface area contributed by atoms with Crippen molar-refractivity contribution >= 4 is 10.9 Å². The molecule has 0 aliphatic carbocycles. The summed E-state index contributed by atoms with van der Waals surface area (Å²) in [6.07, 6.45) is -2.16. The predicted octanol–water partition coefficient (Wildman–Crippen LogP) is 3.14. The highest BCUT2D eigenvalue weighted by atomic mass is 16.5. The summed E-state index contributed by atoms with van der Waals surface area (Å²) in [5.74, 6) is 0. The number of nitrogens with zero attached hydrogens (tertiary/aromatic N) is 1. The Balaban J connectivity index is 1.68. The van der Waals surface area contributed by atoms with E-state index in [2.05, 4.69) is 49.6 Å². The standard InChI is InChI=1S/C24H29NO4/c1-24(2,3)16-10-8-15(9-11-16)12-25-13-18(17-6-4-5-7-19(17)25)23-22(28)21(27)20(26)14-29-23/h4-11,13,20-23,26-28H,12,14H2,1-3H3/t20-,21+,22-,23+/m1/s1. The molecule has 4 rings (SSSR count). The first-order valence-corrected chi connectivity index (χ1v) is 10.1. The van der Waals surface area contributed by atoms with Crippen LogP contribution in [0.1, 0.15) is 43.6 Å². The molecule has 5 heteroatoms. The van der Waals surface area contributed by atoms with Crippen LogP contribution in [0.2, 0.25) is 0 Å². The lowest BCUT2D eigenvalue weighted by atomic mass is 9.87. The summed E-state index contributed by atoms with van der Waals surface area (Å²) < 4.78 is 7.85. The van der Waals surface area contributed by atoms with Crippen molar-refractivity contribution in [3.8, 4) is 0 Å². The third-order valence-electron chi connectivity index (χ3n) is 5.80. The highest BCUT2D eigenvalue weighted by Gasteiger charge is 2.39. The van der Waals surface area contributed by atoms with Crippen LogP contribution < -0.4 is 0 Å². The minimum Gasteiger partial charge on any atom is -0.388 e. The maximum atomic E-state index is 10.5. The van der Waals surface area contributed by atoms with E-state index in [4.69, 9.17) is 4.74 Å². The minimum absolute atomic E-state index is 0.00331. The third-order valence-corrected chi connectivity index (χ3v) is 5.80. The molecule has 1 fully saturated rings. The van der Waals surface area contributed by atoms with Crippen molar-refractivity contribution < 1.29 is 20.1 Å². The van der Waals surface area contributed by atoms with Gasteiger partial charge in [0.1, 0.15) is 24.4 Å². The van der Waals surface area contributed by atoms with E-state index in [0.717, 1.165) is 16.5 Å². The highest BCUT2D eigenvalue weighted by molar-refractivity contribution is 5.84. The number of hydrogen-bond donors (Lipinski definition) is 3. The van der Waals surface area contributed by atoms with Crippen LogP contribution in [-0.4, -0.2) is 44.8 Å². The summed E-state index contributed by atoms with van der Waals surface area (Å²) in [5, 5.41) is 31.3. The summed E-state index contributed by atoms with van der Waals surface area (Å²) >= 11 is 0. The van der Waals surface area contributed by atoms with Crippen molar-refractivity contribution in [2.45, 2.75) is 57.1 Å². The summed E-state index contributed by atoms with van der Waals surface area (Å²) in [6.45, 7) is 7.30. The van der Waals surface area contributed by atoms with Gasteiger partial charge in [-0.25, -0.2) is 0 Å². The molecule has 0 unspecified atom stereocenters. The lowest BCUT2D eigenvalue weighted by Crippen LogP contribution is -2.48. The molecule has 0 amide bonds. The fourth-order valence-electron chi connectivity index (χ4n) is 4.02. The Labute approximate surface area is 171 Å². The Bertz CT molecular complexity index is 986. The van der Waals surface area contributed by atoms with Gasteiger partial charge in [-0.2, -0.15) is 0 Å². The first kappa shape index (κ1) is 20.1. The molecule has 0 bridgehead atoms. The molecular formula is C24H29NO4. The quantitative estimate of drug-likeness (QED) is 0.637. The fraction of sp³-hybridized carbons (Fsp3) is 0.417. The van der Waals surface area contributed by atoms with Crippen LogP contribution in [0.15, 0.2) is 54.7 Å². The number of fused-ring (bicyclic) bond motifs is 1. The first-order chi connectivity index (χ1) is 13.8. The zero-order valence-electron chi connectivity index (χ0n) is 17.1. The van der Waals surface area contributed by atoms with Crippen LogP contribution in [0.3, 0.4) is 0 Å². The number of hydrogen-bond acceptors (Lipinski definition) is 4. The molecule has 2 heterocycles. The molecule has 154 valence electrons. The van der Waals surface area contributed by atoms with Gasteiger partial charge in [-0.1, -0.05) is 63.2 Å². The second-order valence-electron chi connectivity index (χ2n) is 8.98. The summed E-state index contributed by atoms with van der Waals surface area (Å²) in [6, 6.07) is 16.6. The molecule has 1 saturated heterocycles. The van der Waals surface area contributed by atoms with E-state index >= 15 is 0 Å². The second-order valence-corrected chi connectivity index (χ2v) is 8.98. The summed E-state index contributed by atoms with van der Waals surface area (Å²) in [5.41, 5.74) is 4.46. The molecule has 1 aliphatic heterocycles. The first-order valence-electron chi connectivity index (χ1n) is 10.1. The lowest BCUT2D eigenvalue weighted by molar-refractivity contribution is -0.188. The van der Waals surface area contributed by atoms with Gasteiger partial charge in [-0.3, -0.25) is 0 Å². The van der Waals surface area contributed by atoms with E-state index in [0.29, 0.717) is 6.54 Å². The van der Waals surface area contributed by atoms with Crippen molar-refractivity contribution in [2.24, 2.45) is 0 Å². The Hall–Kier alpha value is -2.18. The number of aliphatic hydroxyl groups is 3. The molecule has 3 aromatic rings. The van der Waals surface area contributed by atoms with Crippen LogP contribution in [0.4, 0.5) is 0 Å². The van der Waals surface area contributed by atoms with Gasteiger partial charge in [0, 0.05) is 29.2 Å². The maximum absolute atomic E-state index is 10.5. The normalized spacial score (nSPS) is 25.4. The van der Waals surface area contributed by atoms with Crippen molar-refractivity contribution in [3.63, 3.8) is 0 Å². The molecule has 1 aromatic heterocycles. The molecule has 1 aliphatic rings. The van der Waals surface area contributed by atoms with E-state index in [-0.39, 0.29) is 12.0 Å². The summed E-state index contributed by atoms with van der Waals surface area (Å²) in [4.78, 5) is 0. The van der Waals surface area contributed by atoms with Gasteiger partial charge in [0.25, 0.3) is 0 Å². The Morgan fingerprint density at radius 3 is 2.34 bits per heavy atom. The van der Waals surface area contributed by atoms with Crippen molar-refractivity contribution in [3.05, 3.63) is 71.4 Å². The molecule has 5 nitrogen and oxygen atoms in total. The van der Waals surface area contributed by atoms with E-state index in [1.165, 1.54) is 11.1 Å². The van der Waals surface area contributed by atoms with Gasteiger partial charge in [-0.05, 0) is 22.6 Å². The maximum Gasteiger partial charge on any atom is 0.113 e. The largest absolute Gasteiger partial charge is 0.388 e. The Morgan fingerprint density at radius 1 is 0.966 bits per heavy atom. The van der Waals surface area contributed by atoms with Crippen molar-refractivity contribution in [2.75, 3.05) is 6.61 Å². The number of aliphatic hydroxyl groups excluding tert-OH is 3. The van der Waals surface area contributed by atoms with Crippen LogP contribution in [-0.2, 0) is 16.7 Å². The second kappa shape index (κ2) is 7.58. The highest BCUT2D eigenvalue weighted by Crippen LogP contribution is 2.35. The van der Waals surface area contributed by atoms with Gasteiger partial charge in [0.05, 0.1) is 6.61 Å². The number of para-hydroxylation sites is 1. The lowest BCUT2D eigenvalue weighted by Gasteiger charge is -2.35. The zero-order valence-corrected chi connectivity index (χ0v) is 17.1. The monoisotopic (exact) mass is 395 g/mol. The average molecular weight is 395 g/mol. The van der Waals surface area contributed by atoms with Gasteiger partial charge >= 0.3 is 0 Å². The number of rotatable bonds is 3. The Morgan fingerprint density at radius 2 is 1.66 bits per heavy atom. The molecule has 0 saturated carbocycles. The van der Waals surface area contributed by atoms with Gasteiger partial charge < -0.3 is 24.6 Å². The zero-order chi connectivity index (χ0) is 20.8. The van der Waals surface area contributed by atoms with Crippen LogP contribution >= 0.6 is 0 Å². The van der Waals surface area contributed by atoms with E-state index in [1.807, 2.05) is 30.5 Å². The van der Waals surface area contributed by atoms with Crippen molar-refractivity contribution in [1.29, 1.82) is 0 Å². The smallest absolute Gasteiger partial charge is 0.113 e. The summed E-state index contributed by atoms with van der Waals surface area (Å²) in [7, 11) is 0. The van der Waals surface area contributed by atoms with E-state index in [9.17, 15) is 15.3 Å². The van der Waals surface area contributed by atoms with Crippen molar-refractivity contribution in [1.82, 2.24) is 4.57 Å². The van der Waals surface area contributed by atoms with Crippen LogP contribution in [0.25, 0.3) is 10.9 Å². The SMILES string of the molecule is CC(C)(C)c1ccc(Cn2cc([C@@H]3OC[C@@H](O)[C@H](O)[C@H]3O)c3ccccc32)cc1. The predicted molar refractivity (Wildman–Crippen MR) is 113 cm³/mol. The molecule has 29 heavy (non-hydrogen) atoms. The molecule has 0 spiro atoms. The van der Waals surface area contributed by atoms with E-state index < -0.39 is 24.4 Å². The van der Waals surface area contributed by atoms with E-state index in [1.54, 1.807) is 0 Å². The fourth-order valence-corrected chi connectivity index (χ4v) is 4.02. The molecule has 3 N–H and O–H groups in total. The topological polar surface area (TPSA) is 74.9 Å². The van der Waals surface area contributed by atoms with Crippen LogP contribution in [0, 0.1) is 0 Å². The van der Waals surface area contributed by atoms with Gasteiger partial charge in [-0.15, -0.1) is 0 Å².